The molecule has 0 bridgehead atoms. The van der Waals surface area contributed by atoms with Gasteiger partial charge in [-0.25, -0.2) is 0 Å². The Morgan fingerprint density at radius 2 is 1.83 bits per heavy atom. The summed E-state index contributed by atoms with van der Waals surface area (Å²) in [5.74, 6) is 1.41. The van der Waals surface area contributed by atoms with Crippen LogP contribution >= 0.6 is 11.8 Å². The average Bonchev–Trinajstić information content (AvgIpc) is 3.09. The zero-order valence-corrected chi connectivity index (χ0v) is 18.5. The lowest BCUT2D eigenvalue weighted by molar-refractivity contribution is -0.119. The maximum atomic E-state index is 12.4. The minimum atomic E-state index is -0.209. The van der Waals surface area contributed by atoms with Gasteiger partial charge in [0.2, 0.25) is 11.8 Å². The summed E-state index contributed by atoms with van der Waals surface area (Å²) in [6.45, 7) is 8.13. The fourth-order valence-corrected chi connectivity index (χ4v) is 3.59. The summed E-state index contributed by atoms with van der Waals surface area (Å²) in [5.41, 5.74) is 2.44. The molecule has 0 saturated carbocycles. The van der Waals surface area contributed by atoms with Crippen molar-refractivity contribution in [3.63, 3.8) is 0 Å². The van der Waals surface area contributed by atoms with E-state index >= 15 is 0 Å². The topological polar surface area (TPSA) is 84.2 Å². The van der Waals surface area contributed by atoms with Gasteiger partial charge in [-0.05, 0) is 36.8 Å². The highest BCUT2D eigenvalue weighted by Crippen LogP contribution is 2.23. The van der Waals surface area contributed by atoms with E-state index in [0.29, 0.717) is 11.6 Å². The third-order valence-corrected chi connectivity index (χ3v) is 5.44. The predicted molar refractivity (Wildman–Crippen MR) is 118 cm³/mol. The van der Waals surface area contributed by atoms with Gasteiger partial charge in [0.1, 0.15) is 5.76 Å². The van der Waals surface area contributed by atoms with Crippen LogP contribution in [-0.2, 0) is 16.0 Å². The van der Waals surface area contributed by atoms with Gasteiger partial charge in [0.25, 0.3) is 0 Å². The molecule has 1 unspecified atom stereocenters. The van der Waals surface area contributed by atoms with Crippen LogP contribution in [0, 0.1) is 12.8 Å². The number of anilines is 1. The number of nitrogens with one attached hydrogen (secondary N) is 2. The Labute approximate surface area is 177 Å². The minimum absolute atomic E-state index is 0.0461. The largest absolute Gasteiger partial charge is 0.360 e. The second-order valence-corrected chi connectivity index (χ2v) is 8.48. The molecule has 1 heterocycles. The number of nitrogens with zero attached hydrogens (tertiary/aromatic N) is 1. The summed E-state index contributed by atoms with van der Waals surface area (Å²) in [5, 5.41) is 9.47. The summed E-state index contributed by atoms with van der Waals surface area (Å²) in [6.07, 6.45) is 3.45. The van der Waals surface area contributed by atoms with Gasteiger partial charge in [0.15, 0.2) is 5.82 Å². The van der Waals surface area contributed by atoms with E-state index in [1.165, 1.54) is 30.2 Å². The number of aryl methyl sites for hydroxylation is 2. The first-order valence-corrected chi connectivity index (χ1v) is 11.2. The highest BCUT2D eigenvalue weighted by molar-refractivity contribution is 8.00. The van der Waals surface area contributed by atoms with E-state index in [4.69, 9.17) is 4.52 Å². The Hall–Kier alpha value is -2.28. The Kier molecular flexibility index (Phi) is 9.25. The van der Waals surface area contributed by atoms with Gasteiger partial charge >= 0.3 is 0 Å². The zero-order chi connectivity index (χ0) is 21.2. The molecule has 2 amide bonds. The maximum Gasteiger partial charge on any atom is 0.235 e. The van der Waals surface area contributed by atoms with Crippen LogP contribution in [0.4, 0.5) is 5.82 Å². The van der Waals surface area contributed by atoms with Crippen molar-refractivity contribution in [2.75, 3.05) is 16.8 Å². The van der Waals surface area contributed by atoms with Crippen LogP contribution in [-0.4, -0.2) is 28.5 Å². The van der Waals surface area contributed by atoms with Crippen molar-refractivity contribution in [2.24, 2.45) is 5.92 Å². The second kappa shape index (κ2) is 11.7. The molecule has 0 aliphatic carbocycles. The first-order valence-electron chi connectivity index (χ1n) is 10.1. The SMILES string of the molecule is CCCCc1ccc(C(NC(=O)CSCC(=O)Nc2cc(C)on2)C(C)C)cc1. The van der Waals surface area contributed by atoms with Crippen molar-refractivity contribution in [3.8, 4) is 0 Å². The molecule has 2 rings (SSSR count). The predicted octanol–water partition coefficient (Wildman–Crippen LogP) is 4.51. The fourth-order valence-electron chi connectivity index (χ4n) is 2.96. The quantitative estimate of drug-likeness (QED) is 0.562. The molecule has 0 saturated heterocycles. The third kappa shape index (κ3) is 7.93. The van der Waals surface area contributed by atoms with E-state index in [2.05, 4.69) is 60.8 Å². The molecule has 0 radical (unpaired) electrons. The number of rotatable bonds is 11. The Bertz CT molecular complexity index is 787. The lowest BCUT2D eigenvalue weighted by Gasteiger charge is -2.23. The number of hydrogen-bond donors (Lipinski definition) is 2. The summed E-state index contributed by atoms with van der Waals surface area (Å²) < 4.78 is 4.91. The van der Waals surface area contributed by atoms with E-state index in [1.54, 1.807) is 13.0 Å². The molecule has 2 aromatic rings. The van der Waals surface area contributed by atoms with Crippen molar-refractivity contribution in [1.82, 2.24) is 10.5 Å². The highest BCUT2D eigenvalue weighted by atomic mass is 32.2. The van der Waals surface area contributed by atoms with E-state index in [1.807, 2.05) is 0 Å². The second-order valence-electron chi connectivity index (χ2n) is 7.50. The molecule has 2 N–H and O–H groups in total. The Balaban J connectivity index is 1.80. The van der Waals surface area contributed by atoms with Gasteiger partial charge in [-0.1, -0.05) is 56.6 Å². The van der Waals surface area contributed by atoms with Gasteiger partial charge in [0.05, 0.1) is 17.5 Å². The van der Waals surface area contributed by atoms with E-state index in [-0.39, 0.29) is 35.3 Å². The number of amides is 2. The molecule has 1 aromatic heterocycles. The van der Waals surface area contributed by atoms with Gasteiger partial charge < -0.3 is 15.2 Å². The van der Waals surface area contributed by atoms with Crippen LogP contribution in [0.2, 0.25) is 0 Å². The molecule has 0 spiro atoms. The van der Waals surface area contributed by atoms with E-state index in [9.17, 15) is 9.59 Å². The van der Waals surface area contributed by atoms with Crippen LogP contribution in [0.15, 0.2) is 34.9 Å². The molecule has 1 aromatic carbocycles. The number of unbranched alkanes of at least 4 members (excludes halogenated alkanes) is 1. The Morgan fingerprint density at radius 1 is 1.14 bits per heavy atom. The normalized spacial score (nSPS) is 12.0. The standard InChI is InChI=1S/C22H31N3O3S/c1-5-6-7-17-8-10-18(11-9-17)22(15(2)3)24-21(27)14-29-13-20(26)23-19-12-16(4)28-25-19/h8-12,15,22H,5-7,13-14H2,1-4H3,(H,24,27)(H,23,25,26). The number of carbonyl (C=O) groups excluding carboxylic acids is 2. The first-order chi connectivity index (χ1) is 13.9. The molecule has 1 atom stereocenters. The monoisotopic (exact) mass is 417 g/mol. The highest BCUT2D eigenvalue weighted by Gasteiger charge is 2.18. The van der Waals surface area contributed by atoms with Crippen LogP contribution in [0.1, 0.15) is 56.5 Å². The van der Waals surface area contributed by atoms with Crippen LogP contribution < -0.4 is 10.6 Å². The van der Waals surface area contributed by atoms with Gasteiger partial charge in [0, 0.05) is 6.07 Å². The van der Waals surface area contributed by atoms with Gasteiger partial charge in [-0.15, -0.1) is 11.8 Å². The summed E-state index contributed by atoms with van der Waals surface area (Å²) in [7, 11) is 0. The number of thioether (sulfide) groups is 1. The molecule has 158 valence electrons. The zero-order valence-electron chi connectivity index (χ0n) is 17.7. The van der Waals surface area contributed by atoms with E-state index < -0.39 is 0 Å². The molecule has 6 nitrogen and oxygen atoms in total. The van der Waals surface area contributed by atoms with Crippen molar-refractivity contribution in [1.29, 1.82) is 0 Å². The number of aromatic nitrogens is 1. The van der Waals surface area contributed by atoms with Gasteiger partial charge in [-0.3, -0.25) is 9.59 Å². The number of carbonyl (C=O) groups is 2. The number of benzene rings is 1. The Morgan fingerprint density at radius 3 is 2.41 bits per heavy atom. The molecular formula is C22H31N3O3S. The summed E-state index contributed by atoms with van der Waals surface area (Å²) in [6, 6.07) is 10.1. The first kappa shape index (κ1) is 23.0. The summed E-state index contributed by atoms with van der Waals surface area (Å²) in [4.78, 5) is 24.3. The smallest absolute Gasteiger partial charge is 0.235 e. The number of hydrogen-bond acceptors (Lipinski definition) is 5. The van der Waals surface area contributed by atoms with Crippen LogP contribution in [0.5, 0.6) is 0 Å². The third-order valence-electron chi connectivity index (χ3n) is 4.50. The minimum Gasteiger partial charge on any atom is -0.360 e. The summed E-state index contributed by atoms with van der Waals surface area (Å²) >= 11 is 1.27. The molecule has 0 aliphatic heterocycles. The molecular weight excluding hydrogens is 386 g/mol. The average molecular weight is 418 g/mol. The van der Waals surface area contributed by atoms with Crippen molar-refractivity contribution < 1.29 is 14.1 Å². The van der Waals surface area contributed by atoms with Crippen molar-refractivity contribution >= 4 is 29.4 Å². The maximum absolute atomic E-state index is 12.4. The van der Waals surface area contributed by atoms with Crippen LogP contribution in [0.3, 0.4) is 0 Å². The molecule has 29 heavy (non-hydrogen) atoms. The van der Waals surface area contributed by atoms with E-state index in [0.717, 1.165) is 12.0 Å². The van der Waals surface area contributed by atoms with Gasteiger partial charge in [-0.2, -0.15) is 0 Å². The molecule has 7 heteroatoms. The fraction of sp³-hybridized carbons (Fsp3) is 0.500. The van der Waals surface area contributed by atoms with Crippen molar-refractivity contribution in [3.05, 3.63) is 47.2 Å². The lowest BCUT2D eigenvalue weighted by atomic mass is 9.94. The molecule has 0 aliphatic rings. The lowest BCUT2D eigenvalue weighted by Crippen LogP contribution is -2.33. The molecule has 0 fully saturated rings. The van der Waals surface area contributed by atoms with Crippen LogP contribution in [0.25, 0.3) is 0 Å². The van der Waals surface area contributed by atoms with Crippen molar-refractivity contribution in [2.45, 2.75) is 53.0 Å².